The molecule has 0 fully saturated rings. The molecule has 1 aliphatic rings. The van der Waals surface area contributed by atoms with Crippen molar-refractivity contribution in [1.29, 1.82) is 0 Å². The highest BCUT2D eigenvalue weighted by molar-refractivity contribution is 9.10. The van der Waals surface area contributed by atoms with E-state index in [2.05, 4.69) is 37.1 Å². The SMILES string of the molecule is CCOC(=O)C1=C(C)NC(=S)N[C@@H]1c1ccccc1OCC(=O)NN=Cc1cc(OC)c(OCc2ccc(Cl)cc2Cl)cc1Br. The van der Waals surface area contributed by atoms with Gasteiger partial charge < -0.3 is 29.6 Å². The molecule has 14 heteroatoms. The Labute approximate surface area is 284 Å². The molecule has 0 bridgehead atoms. The van der Waals surface area contributed by atoms with Gasteiger partial charge in [-0.05, 0) is 72.3 Å². The van der Waals surface area contributed by atoms with E-state index in [1.807, 2.05) is 0 Å². The molecule has 0 spiro atoms. The Kier molecular flexibility index (Phi) is 12.1. The predicted molar refractivity (Wildman–Crippen MR) is 180 cm³/mol. The topological polar surface area (TPSA) is 120 Å². The molecule has 1 aliphatic heterocycles. The second-order valence-corrected chi connectivity index (χ2v) is 11.6. The van der Waals surface area contributed by atoms with Gasteiger partial charge in [0, 0.05) is 36.9 Å². The number of para-hydroxylation sites is 1. The van der Waals surface area contributed by atoms with Crippen LogP contribution in [-0.2, 0) is 20.9 Å². The third kappa shape index (κ3) is 8.88. The zero-order valence-electron chi connectivity index (χ0n) is 24.4. The van der Waals surface area contributed by atoms with Crippen LogP contribution in [0, 0.1) is 0 Å². The van der Waals surface area contributed by atoms with Crippen LogP contribution < -0.4 is 30.3 Å². The first-order chi connectivity index (χ1) is 21.6. The Hall–Kier alpha value is -3.84. The van der Waals surface area contributed by atoms with Crippen molar-refractivity contribution in [3.63, 3.8) is 0 Å². The maximum absolute atomic E-state index is 12.8. The highest BCUT2D eigenvalue weighted by Gasteiger charge is 2.32. The first kappa shape index (κ1) is 34.0. The number of nitrogens with zero attached hydrogens (tertiary/aromatic N) is 1. The number of nitrogens with one attached hydrogen (secondary N) is 3. The van der Waals surface area contributed by atoms with Crippen LogP contribution in [0.1, 0.15) is 36.6 Å². The zero-order chi connectivity index (χ0) is 32.5. The summed E-state index contributed by atoms with van der Waals surface area (Å²) in [6.45, 7) is 3.55. The van der Waals surface area contributed by atoms with Crippen molar-refractivity contribution in [2.24, 2.45) is 5.10 Å². The molecular formula is C31H29BrCl2N4O6S. The van der Waals surface area contributed by atoms with Gasteiger partial charge in [-0.25, -0.2) is 10.2 Å². The van der Waals surface area contributed by atoms with Gasteiger partial charge in [-0.3, -0.25) is 4.79 Å². The maximum atomic E-state index is 12.8. The van der Waals surface area contributed by atoms with Crippen molar-refractivity contribution in [3.8, 4) is 17.2 Å². The van der Waals surface area contributed by atoms with Gasteiger partial charge in [0.1, 0.15) is 12.4 Å². The van der Waals surface area contributed by atoms with Crippen molar-refractivity contribution in [1.82, 2.24) is 16.1 Å². The third-order valence-corrected chi connectivity index (χ3v) is 7.92. The normalized spacial score (nSPS) is 14.4. The van der Waals surface area contributed by atoms with E-state index < -0.39 is 17.9 Å². The summed E-state index contributed by atoms with van der Waals surface area (Å²) in [7, 11) is 1.52. The quantitative estimate of drug-likeness (QED) is 0.0861. The van der Waals surface area contributed by atoms with Crippen LogP contribution in [0.15, 0.2) is 75.4 Å². The van der Waals surface area contributed by atoms with Crippen LogP contribution in [0.2, 0.25) is 10.0 Å². The highest BCUT2D eigenvalue weighted by atomic mass is 79.9. The summed E-state index contributed by atoms with van der Waals surface area (Å²) in [5.74, 6) is 0.321. The average Bonchev–Trinajstić information content (AvgIpc) is 3.00. The number of carbonyl (C=O) groups excluding carboxylic acids is 2. The number of halogens is 3. The molecule has 0 radical (unpaired) electrons. The van der Waals surface area contributed by atoms with Crippen molar-refractivity contribution >= 4 is 74.6 Å². The molecule has 0 saturated heterocycles. The van der Waals surface area contributed by atoms with Crippen molar-refractivity contribution in [3.05, 3.63) is 97.1 Å². The van der Waals surface area contributed by atoms with Crippen molar-refractivity contribution in [2.75, 3.05) is 20.3 Å². The molecular weight excluding hydrogens is 707 g/mol. The summed E-state index contributed by atoms with van der Waals surface area (Å²) in [4.78, 5) is 25.4. The number of methoxy groups -OCH3 is 1. The maximum Gasteiger partial charge on any atom is 0.338 e. The van der Waals surface area contributed by atoms with E-state index in [4.69, 9.17) is 54.4 Å². The number of hydrazone groups is 1. The summed E-state index contributed by atoms with van der Waals surface area (Å²) in [5.41, 5.74) is 5.38. The second kappa shape index (κ2) is 15.9. The van der Waals surface area contributed by atoms with E-state index in [0.717, 1.165) is 5.56 Å². The first-order valence-corrected chi connectivity index (χ1v) is 15.5. The van der Waals surface area contributed by atoms with E-state index in [-0.39, 0.29) is 19.8 Å². The molecule has 0 unspecified atom stereocenters. The second-order valence-electron chi connectivity index (χ2n) is 9.46. The number of rotatable bonds is 12. The largest absolute Gasteiger partial charge is 0.493 e. The number of hydrogen-bond acceptors (Lipinski definition) is 8. The van der Waals surface area contributed by atoms with E-state index >= 15 is 0 Å². The van der Waals surface area contributed by atoms with Gasteiger partial charge in [0.15, 0.2) is 23.2 Å². The minimum absolute atomic E-state index is 0.200. The number of hydrogen-bond donors (Lipinski definition) is 3. The van der Waals surface area contributed by atoms with E-state index in [0.29, 0.717) is 59.3 Å². The molecule has 1 heterocycles. The lowest BCUT2D eigenvalue weighted by Crippen LogP contribution is -2.45. The summed E-state index contributed by atoms with van der Waals surface area (Å²) >= 11 is 21.0. The minimum Gasteiger partial charge on any atom is -0.493 e. The van der Waals surface area contributed by atoms with Crippen LogP contribution in [-0.4, -0.2) is 43.5 Å². The molecule has 4 rings (SSSR count). The zero-order valence-corrected chi connectivity index (χ0v) is 28.3. The lowest BCUT2D eigenvalue weighted by Gasteiger charge is -2.30. The lowest BCUT2D eigenvalue weighted by atomic mass is 9.95. The number of carbonyl (C=O) groups is 2. The van der Waals surface area contributed by atoms with Crippen LogP contribution in [0.3, 0.4) is 0 Å². The number of benzene rings is 3. The van der Waals surface area contributed by atoms with Gasteiger partial charge >= 0.3 is 5.97 Å². The molecule has 3 aromatic carbocycles. The Morgan fingerprint density at radius 1 is 1.09 bits per heavy atom. The van der Waals surface area contributed by atoms with E-state index in [1.54, 1.807) is 68.4 Å². The van der Waals surface area contributed by atoms with Crippen LogP contribution >= 0.6 is 51.3 Å². The third-order valence-electron chi connectivity index (χ3n) is 6.43. The Balaban J connectivity index is 1.40. The number of amides is 1. The van der Waals surface area contributed by atoms with Gasteiger partial charge in [-0.1, -0.05) is 47.5 Å². The summed E-state index contributed by atoms with van der Waals surface area (Å²) in [6, 6.07) is 15.0. The molecule has 3 N–H and O–H groups in total. The molecule has 0 saturated carbocycles. The van der Waals surface area contributed by atoms with Gasteiger partial charge in [0.2, 0.25) is 0 Å². The van der Waals surface area contributed by atoms with Gasteiger partial charge in [0.05, 0.1) is 31.5 Å². The Morgan fingerprint density at radius 2 is 1.87 bits per heavy atom. The standard InChI is InChI=1S/C31H29BrCl2N4O6S/c1-4-42-30(40)28-17(2)36-31(45)37-29(28)21-7-5-6-8-24(21)44-16-27(39)38-35-14-19-11-25(41-3)26(13-22(19)32)43-15-18-9-10-20(33)12-23(18)34/h5-14,29H,4,15-16H2,1-3H3,(H,38,39)(H2,36,37,45)/t29-/m1/s1. The molecule has 0 aromatic heterocycles. The van der Waals surface area contributed by atoms with Gasteiger partial charge in [-0.15, -0.1) is 0 Å². The molecule has 0 aliphatic carbocycles. The Bertz CT molecular complexity index is 1670. The first-order valence-electron chi connectivity index (χ1n) is 13.5. The van der Waals surface area contributed by atoms with E-state index in [1.165, 1.54) is 13.3 Å². The molecule has 10 nitrogen and oxygen atoms in total. The molecule has 3 aromatic rings. The Morgan fingerprint density at radius 3 is 2.60 bits per heavy atom. The van der Waals surface area contributed by atoms with Gasteiger partial charge in [0.25, 0.3) is 5.91 Å². The molecule has 1 atom stereocenters. The molecule has 236 valence electrons. The monoisotopic (exact) mass is 734 g/mol. The van der Waals surface area contributed by atoms with E-state index in [9.17, 15) is 9.59 Å². The van der Waals surface area contributed by atoms with Crippen molar-refractivity contribution < 1.29 is 28.5 Å². The van der Waals surface area contributed by atoms with Gasteiger partial charge in [-0.2, -0.15) is 5.10 Å². The van der Waals surface area contributed by atoms with Crippen LogP contribution in [0.25, 0.3) is 0 Å². The number of thiocarbonyl (C=S) groups is 1. The fraction of sp³-hybridized carbons (Fsp3) is 0.226. The summed E-state index contributed by atoms with van der Waals surface area (Å²) < 4.78 is 23.2. The fourth-order valence-corrected chi connectivity index (χ4v) is 5.48. The lowest BCUT2D eigenvalue weighted by molar-refractivity contribution is -0.139. The summed E-state index contributed by atoms with van der Waals surface area (Å²) in [6.07, 6.45) is 1.46. The molecule has 1 amide bonds. The fourth-order valence-electron chi connectivity index (χ4n) is 4.32. The number of esters is 1. The number of allylic oxidation sites excluding steroid dienone is 1. The van der Waals surface area contributed by atoms with Crippen LogP contribution in [0.5, 0.6) is 17.2 Å². The minimum atomic E-state index is -0.641. The van der Waals surface area contributed by atoms with Crippen molar-refractivity contribution in [2.45, 2.75) is 26.5 Å². The summed E-state index contributed by atoms with van der Waals surface area (Å²) in [5, 5.41) is 11.5. The predicted octanol–water partition coefficient (Wildman–Crippen LogP) is 6.23. The average molecular weight is 736 g/mol. The number of ether oxygens (including phenoxy) is 4. The smallest absolute Gasteiger partial charge is 0.338 e. The molecule has 45 heavy (non-hydrogen) atoms. The highest BCUT2D eigenvalue weighted by Crippen LogP contribution is 2.35. The van der Waals surface area contributed by atoms with Crippen LogP contribution in [0.4, 0.5) is 0 Å².